The van der Waals surface area contributed by atoms with Crippen molar-refractivity contribution in [3.63, 3.8) is 0 Å². The van der Waals surface area contributed by atoms with Gasteiger partial charge in [0, 0.05) is 6.42 Å². The van der Waals surface area contributed by atoms with Crippen molar-refractivity contribution in [2.24, 2.45) is 0 Å². The van der Waals surface area contributed by atoms with Crippen LogP contribution >= 0.6 is 0 Å². The number of hydrogen-bond acceptors (Lipinski definition) is 2. The second kappa shape index (κ2) is 6.74. The van der Waals surface area contributed by atoms with E-state index >= 15 is 0 Å². The number of rotatable bonds is 5. The average Bonchev–Trinajstić information content (AvgIpc) is 2.29. The molecule has 0 aromatic heterocycles. The van der Waals surface area contributed by atoms with Gasteiger partial charge in [-0.15, -0.1) is 6.42 Å². The van der Waals surface area contributed by atoms with Crippen molar-refractivity contribution in [1.29, 1.82) is 0 Å². The van der Waals surface area contributed by atoms with Gasteiger partial charge in [0.25, 0.3) is 0 Å². The lowest BCUT2D eigenvalue weighted by atomic mass is 9.97. The quantitative estimate of drug-likeness (QED) is 0.579. The molecule has 0 aliphatic heterocycles. The fourth-order valence-corrected chi connectivity index (χ4v) is 1.88. The normalized spacial score (nSPS) is 14.6. The Morgan fingerprint density at radius 3 is 2.76 bits per heavy atom. The molecule has 0 heterocycles. The van der Waals surface area contributed by atoms with Crippen molar-refractivity contribution in [3.05, 3.63) is 11.6 Å². The molecule has 0 spiro atoms. The second-order valence-corrected chi connectivity index (χ2v) is 4.13. The van der Waals surface area contributed by atoms with Gasteiger partial charge in [0.05, 0.1) is 6.54 Å². The van der Waals surface area contributed by atoms with Gasteiger partial charge in [0.15, 0.2) is 0 Å². The Bertz CT molecular complexity index is 365. The van der Waals surface area contributed by atoms with Gasteiger partial charge in [-0.25, -0.2) is 0 Å². The number of nitrogens with zero attached hydrogens (tertiary/aromatic N) is 1. The first-order chi connectivity index (χ1) is 8.13. The molecule has 1 amide bonds. The largest absolute Gasteiger partial charge is 0.480 e. The SMILES string of the molecule is C#CCN(CC(=O)O)C(=O)CC1=CCCCC1. The predicted octanol–water partition coefficient (Wildman–Crippen LogP) is 1.42. The number of allylic oxidation sites excluding steroid dienone is 1. The molecule has 1 aliphatic carbocycles. The number of aliphatic carboxylic acids is 1. The zero-order valence-electron chi connectivity index (χ0n) is 9.82. The Morgan fingerprint density at radius 1 is 1.47 bits per heavy atom. The summed E-state index contributed by atoms with van der Waals surface area (Å²) < 4.78 is 0. The summed E-state index contributed by atoms with van der Waals surface area (Å²) in [5, 5.41) is 8.69. The summed E-state index contributed by atoms with van der Waals surface area (Å²) in [6.07, 6.45) is 11.7. The van der Waals surface area contributed by atoms with Gasteiger partial charge in [0.2, 0.25) is 5.91 Å². The van der Waals surface area contributed by atoms with Crippen LogP contribution in [0.4, 0.5) is 0 Å². The molecule has 17 heavy (non-hydrogen) atoms. The topological polar surface area (TPSA) is 57.6 Å². The Hall–Kier alpha value is -1.76. The molecule has 0 fully saturated rings. The zero-order valence-corrected chi connectivity index (χ0v) is 9.82. The van der Waals surface area contributed by atoms with Crippen LogP contribution < -0.4 is 0 Å². The highest BCUT2D eigenvalue weighted by Crippen LogP contribution is 2.20. The molecular formula is C13H17NO3. The number of carbonyl (C=O) groups is 2. The van der Waals surface area contributed by atoms with E-state index < -0.39 is 5.97 Å². The van der Waals surface area contributed by atoms with Crippen molar-refractivity contribution in [3.8, 4) is 12.3 Å². The first kappa shape index (κ1) is 13.3. The van der Waals surface area contributed by atoms with E-state index in [1.165, 1.54) is 11.3 Å². The lowest BCUT2D eigenvalue weighted by Crippen LogP contribution is -2.36. The maximum Gasteiger partial charge on any atom is 0.323 e. The van der Waals surface area contributed by atoms with E-state index in [-0.39, 0.29) is 19.0 Å². The second-order valence-electron chi connectivity index (χ2n) is 4.13. The highest BCUT2D eigenvalue weighted by atomic mass is 16.4. The molecule has 1 aliphatic rings. The minimum atomic E-state index is -1.04. The molecule has 0 radical (unpaired) electrons. The van der Waals surface area contributed by atoms with Crippen molar-refractivity contribution < 1.29 is 14.7 Å². The molecule has 0 bridgehead atoms. The summed E-state index contributed by atoms with van der Waals surface area (Å²) >= 11 is 0. The molecule has 0 saturated heterocycles. The first-order valence-corrected chi connectivity index (χ1v) is 5.74. The molecule has 4 nitrogen and oxygen atoms in total. The molecule has 0 aromatic rings. The van der Waals surface area contributed by atoms with Gasteiger partial charge in [-0.3, -0.25) is 9.59 Å². The third kappa shape index (κ3) is 4.73. The van der Waals surface area contributed by atoms with Gasteiger partial charge in [-0.1, -0.05) is 17.6 Å². The van der Waals surface area contributed by atoms with E-state index in [0.717, 1.165) is 24.8 Å². The maximum atomic E-state index is 11.9. The zero-order chi connectivity index (χ0) is 12.7. The van der Waals surface area contributed by atoms with Crippen LogP contribution in [0.3, 0.4) is 0 Å². The molecule has 4 heteroatoms. The highest BCUT2D eigenvalue weighted by Gasteiger charge is 2.17. The summed E-state index contributed by atoms with van der Waals surface area (Å²) in [6, 6.07) is 0. The van der Waals surface area contributed by atoms with Crippen LogP contribution in [0.1, 0.15) is 32.1 Å². The Morgan fingerprint density at radius 2 is 2.24 bits per heavy atom. The molecule has 92 valence electrons. The summed E-state index contributed by atoms with van der Waals surface area (Å²) in [4.78, 5) is 23.7. The summed E-state index contributed by atoms with van der Waals surface area (Å²) in [5.41, 5.74) is 1.11. The number of hydrogen-bond donors (Lipinski definition) is 1. The summed E-state index contributed by atoms with van der Waals surface area (Å²) in [7, 11) is 0. The van der Waals surface area contributed by atoms with Crippen LogP contribution in [0.2, 0.25) is 0 Å². The minimum absolute atomic E-state index is 0.0540. The van der Waals surface area contributed by atoms with Gasteiger partial charge < -0.3 is 10.0 Å². The van der Waals surface area contributed by atoms with Crippen molar-refractivity contribution in [2.75, 3.05) is 13.1 Å². The third-order valence-corrected chi connectivity index (χ3v) is 2.72. The smallest absolute Gasteiger partial charge is 0.323 e. The molecule has 1 rings (SSSR count). The Kier molecular flexibility index (Phi) is 5.28. The summed E-state index contributed by atoms with van der Waals surface area (Å²) in [5.74, 6) is 1.08. The van der Waals surface area contributed by atoms with Crippen molar-refractivity contribution in [2.45, 2.75) is 32.1 Å². The number of carboxylic acid groups (broad SMARTS) is 1. The van der Waals surface area contributed by atoms with Gasteiger partial charge >= 0.3 is 5.97 Å². The molecule has 1 N–H and O–H groups in total. The number of terminal acetylenes is 1. The predicted molar refractivity (Wildman–Crippen MR) is 64.2 cm³/mol. The fraction of sp³-hybridized carbons (Fsp3) is 0.538. The van der Waals surface area contributed by atoms with E-state index in [0.29, 0.717) is 6.42 Å². The maximum absolute atomic E-state index is 11.9. The van der Waals surface area contributed by atoms with Crippen molar-refractivity contribution >= 4 is 11.9 Å². The van der Waals surface area contributed by atoms with E-state index in [2.05, 4.69) is 12.0 Å². The molecular weight excluding hydrogens is 218 g/mol. The lowest BCUT2D eigenvalue weighted by molar-refractivity contribution is -0.143. The fourth-order valence-electron chi connectivity index (χ4n) is 1.88. The monoisotopic (exact) mass is 235 g/mol. The van der Waals surface area contributed by atoms with Crippen LogP contribution in [0.5, 0.6) is 0 Å². The molecule has 0 unspecified atom stereocenters. The van der Waals surface area contributed by atoms with E-state index in [1.54, 1.807) is 0 Å². The standard InChI is InChI=1S/C13H17NO3/c1-2-8-14(10-13(16)17)12(15)9-11-6-4-3-5-7-11/h1,6H,3-5,7-10H2,(H,16,17). The van der Waals surface area contributed by atoms with E-state index in [4.69, 9.17) is 11.5 Å². The van der Waals surface area contributed by atoms with Crippen LogP contribution in [0, 0.1) is 12.3 Å². The number of carbonyl (C=O) groups excluding carboxylic acids is 1. The Labute approximate surface area is 101 Å². The van der Waals surface area contributed by atoms with Crippen LogP contribution in [-0.4, -0.2) is 35.0 Å². The highest BCUT2D eigenvalue weighted by molar-refractivity contribution is 5.83. The Balaban J connectivity index is 2.55. The van der Waals surface area contributed by atoms with Crippen molar-refractivity contribution in [1.82, 2.24) is 4.90 Å². The molecule has 0 atom stereocenters. The number of amides is 1. The van der Waals surface area contributed by atoms with Gasteiger partial charge in [0.1, 0.15) is 6.54 Å². The molecule has 0 aromatic carbocycles. The number of carboxylic acids is 1. The van der Waals surface area contributed by atoms with Crippen LogP contribution in [0.15, 0.2) is 11.6 Å². The average molecular weight is 235 g/mol. The van der Waals surface area contributed by atoms with Crippen LogP contribution in [0.25, 0.3) is 0 Å². The first-order valence-electron chi connectivity index (χ1n) is 5.74. The lowest BCUT2D eigenvalue weighted by Gasteiger charge is -2.20. The van der Waals surface area contributed by atoms with E-state index in [9.17, 15) is 9.59 Å². The molecule has 0 saturated carbocycles. The third-order valence-electron chi connectivity index (χ3n) is 2.72. The minimum Gasteiger partial charge on any atom is -0.480 e. The van der Waals surface area contributed by atoms with E-state index in [1.807, 2.05) is 0 Å². The van der Waals surface area contributed by atoms with Gasteiger partial charge in [-0.05, 0) is 25.7 Å². The summed E-state index contributed by atoms with van der Waals surface area (Å²) in [6.45, 7) is -0.269. The van der Waals surface area contributed by atoms with Crippen LogP contribution in [-0.2, 0) is 9.59 Å². The van der Waals surface area contributed by atoms with Gasteiger partial charge in [-0.2, -0.15) is 0 Å².